The summed E-state index contributed by atoms with van der Waals surface area (Å²) in [5, 5.41) is 19.5. The third-order valence-corrected chi connectivity index (χ3v) is 2.29. The SMILES string of the molecule is O=C(CCn1ccccc1=O)NC(CO)C(=O)O. The molecule has 1 aromatic heterocycles. The van der Waals surface area contributed by atoms with Crippen LogP contribution in [-0.2, 0) is 16.1 Å². The van der Waals surface area contributed by atoms with Gasteiger partial charge >= 0.3 is 5.97 Å². The Morgan fingerprint density at radius 2 is 2.11 bits per heavy atom. The zero-order chi connectivity index (χ0) is 13.5. The highest BCUT2D eigenvalue weighted by molar-refractivity contribution is 5.83. The van der Waals surface area contributed by atoms with E-state index in [1.54, 1.807) is 12.1 Å². The van der Waals surface area contributed by atoms with Crippen LogP contribution in [0.1, 0.15) is 6.42 Å². The first-order valence-corrected chi connectivity index (χ1v) is 5.33. The molecule has 0 aliphatic carbocycles. The van der Waals surface area contributed by atoms with Crippen LogP contribution in [0.2, 0.25) is 0 Å². The topological polar surface area (TPSA) is 109 Å². The standard InChI is InChI=1S/C11H14N2O5/c14-7-8(11(17)18)12-9(15)4-6-13-5-2-1-3-10(13)16/h1-3,5,8,14H,4,6-7H2,(H,12,15)(H,17,18). The zero-order valence-corrected chi connectivity index (χ0v) is 9.57. The molecule has 7 heteroatoms. The van der Waals surface area contributed by atoms with E-state index in [2.05, 4.69) is 5.32 Å². The van der Waals surface area contributed by atoms with Gasteiger partial charge < -0.3 is 20.1 Å². The van der Waals surface area contributed by atoms with Crippen molar-refractivity contribution in [1.29, 1.82) is 0 Å². The fourth-order valence-corrected chi connectivity index (χ4v) is 1.32. The van der Waals surface area contributed by atoms with E-state index >= 15 is 0 Å². The molecule has 18 heavy (non-hydrogen) atoms. The Morgan fingerprint density at radius 1 is 1.39 bits per heavy atom. The van der Waals surface area contributed by atoms with Crippen LogP contribution >= 0.6 is 0 Å². The molecule has 7 nitrogen and oxygen atoms in total. The van der Waals surface area contributed by atoms with E-state index in [1.807, 2.05) is 0 Å². The Kier molecular flexibility index (Phi) is 5.06. The number of pyridine rings is 1. The average molecular weight is 254 g/mol. The number of hydrogen-bond acceptors (Lipinski definition) is 4. The first-order chi connectivity index (χ1) is 8.54. The van der Waals surface area contributed by atoms with Gasteiger partial charge in [0.05, 0.1) is 6.61 Å². The van der Waals surface area contributed by atoms with Crippen LogP contribution in [0, 0.1) is 0 Å². The second-order valence-electron chi connectivity index (χ2n) is 3.62. The summed E-state index contributed by atoms with van der Waals surface area (Å²) in [5.41, 5.74) is -0.234. The van der Waals surface area contributed by atoms with Crippen molar-refractivity contribution >= 4 is 11.9 Å². The lowest BCUT2D eigenvalue weighted by Crippen LogP contribution is -2.43. The minimum absolute atomic E-state index is 0.0340. The minimum atomic E-state index is -1.31. The Labute approximate surface area is 103 Å². The van der Waals surface area contributed by atoms with Crippen molar-refractivity contribution in [2.75, 3.05) is 6.61 Å². The molecular weight excluding hydrogens is 240 g/mol. The van der Waals surface area contributed by atoms with Gasteiger partial charge in [0, 0.05) is 25.2 Å². The van der Waals surface area contributed by atoms with Crippen molar-refractivity contribution < 1.29 is 19.8 Å². The fraction of sp³-hybridized carbons (Fsp3) is 0.364. The number of carbonyl (C=O) groups is 2. The second kappa shape index (κ2) is 6.55. The van der Waals surface area contributed by atoms with Crippen molar-refractivity contribution in [2.45, 2.75) is 19.0 Å². The van der Waals surface area contributed by atoms with E-state index in [9.17, 15) is 14.4 Å². The Morgan fingerprint density at radius 3 is 2.67 bits per heavy atom. The molecule has 0 aliphatic heterocycles. The number of nitrogens with zero attached hydrogens (tertiary/aromatic N) is 1. The van der Waals surface area contributed by atoms with Gasteiger partial charge in [0.2, 0.25) is 5.91 Å². The molecule has 3 N–H and O–H groups in total. The van der Waals surface area contributed by atoms with Gasteiger partial charge in [-0.2, -0.15) is 0 Å². The highest BCUT2D eigenvalue weighted by Crippen LogP contribution is 1.90. The largest absolute Gasteiger partial charge is 0.480 e. The van der Waals surface area contributed by atoms with E-state index in [4.69, 9.17) is 10.2 Å². The van der Waals surface area contributed by atoms with Crippen molar-refractivity contribution in [3.05, 3.63) is 34.7 Å². The predicted octanol–water partition coefficient (Wildman–Crippen LogP) is -1.20. The number of aryl methyl sites for hydroxylation is 1. The molecule has 98 valence electrons. The third-order valence-electron chi connectivity index (χ3n) is 2.29. The molecule has 0 aromatic carbocycles. The Bertz CT molecular complexity index is 482. The van der Waals surface area contributed by atoms with Gasteiger partial charge in [-0.15, -0.1) is 0 Å². The van der Waals surface area contributed by atoms with E-state index in [1.165, 1.54) is 16.8 Å². The summed E-state index contributed by atoms with van der Waals surface area (Å²) in [4.78, 5) is 33.3. The molecule has 0 bridgehead atoms. The first kappa shape index (κ1) is 13.9. The van der Waals surface area contributed by atoms with E-state index in [-0.39, 0.29) is 18.5 Å². The summed E-state index contributed by atoms with van der Waals surface area (Å²) in [5.74, 6) is -1.84. The number of hydrogen-bond donors (Lipinski definition) is 3. The van der Waals surface area contributed by atoms with Crippen molar-refractivity contribution in [1.82, 2.24) is 9.88 Å². The Balaban J connectivity index is 2.49. The molecule has 1 atom stereocenters. The highest BCUT2D eigenvalue weighted by atomic mass is 16.4. The maximum absolute atomic E-state index is 11.4. The van der Waals surface area contributed by atoms with Crippen LogP contribution in [0.3, 0.4) is 0 Å². The van der Waals surface area contributed by atoms with E-state index in [0.29, 0.717) is 0 Å². The lowest BCUT2D eigenvalue weighted by Gasteiger charge is -2.11. The van der Waals surface area contributed by atoms with Gasteiger partial charge in [-0.3, -0.25) is 9.59 Å². The summed E-state index contributed by atoms with van der Waals surface area (Å²) in [6.07, 6.45) is 1.50. The number of rotatable bonds is 6. The summed E-state index contributed by atoms with van der Waals surface area (Å²) in [7, 11) is 0. The highest BCUT2D eigenvalue weighted by Gasteiger charge is 2.18. The molecule has 1 aromatic rings. The van der Waals surface area contributed by atoms with Crippen LogP contribution in [0.4, 0.5) is 0 Å². The third kappa shape index (κ3) is 4.02. The smallest absolute Gasteiger partial charge is 0.328 e. The molecule has 1 heterocycles. The monoisotopic (exact) mass is 254 g/mol. The van der Waals surface area contributed by atoms with Gasteiger partial charge in [0.25, 0.3) is 5.56 Å². The number of carboxylic acids is 1. The second-order valence-corrected chi connectivity index (χ2v) is 3.62. The first-order valence-electron chi connectivity index (χ1n) is 5.33. The normalized spacial score (nSPS) is 11.8. The molecule has 0 saturated carbocycles. The molecular formula is C11H14N2O5. The molecule has 0 spiro atoms. The van der Waals surface area contributed by atoms with Gasteiger partial charge in [-0.05, 0) is 6.07 Å². The van der Waals surface area contributed by atoms with Crippen LogP contribution in [0.15, 0.2) is 29.2 Å². The quantitative estimate of drug-likeness (QED) is 0.591. The van der Waals surface area contributed by atoms with Crippen LogP contribution < -0.4 is 10.9 Å². The number of aliphatic carboxylic acids is 1. The lowest BCUT2D eigenvalue weighted by molar-refractivity contribution is -0.143. The number of aliphatic hydroxyl groups is 1. The summed E-state index contributed by atoms with van der Waals surface area (Å²) in [6.45, 7) is -0.518. The molecule has 1 rings (SSSR count). The van der Waals surface area contributed by atoms with Crippen molar-refractivity contribution in [2.24, 2.45) is 0 Å². The van der Waals surface area contributed by atoms with Gasteiger partial charge in [-0.1, -0.05) is 6.07 Å². The maximum Gasteiger partial charge on any atom is 0.328 e. The van der Waals surface area contributed by atoms with Crippen molar-refractivity contribution in [3.8, 4) is 0 Å². The number of nitrogens with one attached hydrogen (secondary N) is 1. The zero-order valence-electron chi connectivity index (χ0n) is 9.57. The molecule has 0 radical (unpaired) electrons. The van der Waals surface area contributed by atoms with E-state index in [0.717, 1.165) is 0 Å². The van der Waals surface area contributed by atoms with Crippen molar-refractivity contribution in [3.63, 3.8) is 0 Å². The number of aromatic nitrogens is 1. The summed E-state index contributed by atoms with van der Waals surface area (Å²) >= 11 is 0. The van der Waals surface area contributed by atoms with Crippen LogP contribution in [-0.4, -0.2) is 39.3 Å². The summed E-state index contributed by atoms with van der Waals surface area (Å²) in [6, 6.07) is 3.30. The molecule has 0 aliphatic rings. The minimum Gasteiger partial charge on any atom is -0.480 e. The maximum atomic E-state index is 11.4. The molecule has 1 unspecified atom stereocenters. The van der Waals surface area contributed by atoms with Gasteiger partial charge in [0.1, 0.15) is 6.04 Å². The summed E-state index contributed by atoms with van der Waals surface area (Å²) < 4.78 is 1.34. The van der Waals surface area contributed by atoms with E-state index < -0.39 is 24.5 Å². The van der Waals surface area contributed by atoms with Crippen LogP contribution in [0.5, 0.6) is 0 Å². The number of carbonyl (C=O) groups excluding carboxylic acids is 1. The fourth-order valence-electron chi connectivity index (χ4n) is 1.32. The van der Waals surface area contributed by atoms with Gasteiger partial charge in [0.15, 0.2) is 0 Å². The molecule has 0 saturated heterocycles. The number of amides is 1. The predicted molar refractivity (Wildman–Crippen MR) is 62.0 cm³/mol. The Hall–Kier alpha value is -2.15. The average Bonchev–Trinajstić information content (AvgIpc) is 2.34. The number of aliphatic hydroxyl groups excluding tert-OH is 1. The van der Waals surface area contributed by atoms with Crippen LogP contribution in [0.25, 0.3) is 0 Å². The molecule has 0 fully saturated rings. The molecule has 1 amide bonds. The van der Waals surface area contributed by atoms with Gasteiger partial charge in [-0.25, -0.2) is 4.79 Å². The number of carboxylic acid groups (broad SMARTS) is 1. The lowest BCUT2D eigenvalue weighted by atomic mass is 10.3.